The van der Waals surface area contributed by atoms with Crippen LogP contribution < -0.4 is 10.1 Å². The minimum absolute atomic E-state index is 0.0281. The van der Waals surface area contributed by atoms with Gasteiger partial charge in [-0.2, -0.15) is 0 Å². The number of fused-ring (bicyclic) bond motifs is 1. The topological polar surface area (TPSA) is 77.9 Å². The number of anilines is 1. The molecule has 4 rings (SSSR count). The number of aromatic nitrogens is 1. The van der Waals surface area contributed by atoms with Gasteiger partial charge in [0.05, 0.1) is 7.11 Å². The van der Waals surface area contributed by atoms with E-state index in [-0.39, 0.29) is 17.2 Å². The molecule has 1 aromatic carbocycles. The first kappa shape index (κ1) is 30.3. The lowest BCUT2D eigenvalue weighted by molar-refractivity contribution is -0.143. The van der Waals surface area contributed by atoms with Crippen molar-refractivity contribution in [2.75, 3.05) is 45.2 Å². The van der Waals surface area contributed by atoms with Gasteiger partial charge in [-0.25, -0.2) is 9.37 Å². The van der Waals surface area contributed by atoms with Gasteiger partial charge < -0.3 is 15.2 Å². The number of carbonyl (C=O) groups is 1. The molecule has 3 heterocycles. The Morgan fingerprint density at radius 1 is 1.27 bits per heavy atom. The summed E-state index contributed by atoms with van der Waals surface area (Å²) in [5.41, 5.74) is 3.34. The van der Waals surface area contributed by atoms with Gasteiger partial charge in [0.1, 0.15) is 11.9 Å². The molecule has 1 saturated heterocycles. The van der Waals surface area contributed by atoms with Gasteiger partial charge in [-0.15, -0.1) is 0 Å². The molecule has 2 aliphatic rings. The first-order valence-corrected chi connectivity index (χ1v) is 14.9. The lowest BCUT2D eigenvalue weighted by atomic mass is 9.84. The third kappa shape index (κ3) is 7.13. The summed E-state index contributed by atoms with van der Waals surface area (Å²) in [5, 5.41) is 13.7. The third-order valence-corrected chi connectivity index (χ3v) is 8.48. The molecule has 220 valence electrons. The number of carboxylic acids is 1. The van der Waals surface area contributed by atoms with E-state index < -0.39 is 17.8 Å². The predicted octanol–water partition coefficient (Wildman–Crippen LogP) is 5.82. The number of nitrogens with zero attached hydrogens (tertiary/aromatic N) is 3. The molecule has 0 unspecified atom stereocenters. The Hall–Kier alpha value is -2.71. The van der Waals surface area contributed by atoms with E-state index in [1.54, 1.807) is 0 Å². The fraction of sp³-hybridized carbons (Fsp3) is 0.625. The van der Waals surface area contributed by atoms with Crippen LogP contribution in [0.4, 0.5) is 10.2 Å². The molecule has 0 aliphatic carbocycles. The number of likely N-dealkylation sites (tertiary alicyclic amines) is 1. The molecule has 2 atom stereocenters. The van der Waals surface area contributed by atoms with E-state index in [0.717, 1.165) is 75.2 Å². The van der Waals surface area contributed by atoms with E-state index in [1.165, 1.54) is 25.2 Å². The zero-order chi connectivity index (χ0) is 28.9. The van der Waals surface area contributed by atoms with Crippen LogP contribution in [0, 0.1) is 5.82 Å². The minimum Gasteiger partial charge on any atom is -0.493 e. The van der Waals surface area contributed by atoms with E-state index in [2.05, 4.69) is 29.3 Å². The van der Waals surface area contributed by atoms with Crippen molar-refractivity contribution in [1.82, 2.24) is 14.8 Å². The summed E-state index contributed by atoms with van der Waals surface area (Å²) < 4.78 is 20.4. The highest BCUT2D eigenvalue weighted by atomic mass is 19.1. The van der Waals surface area contributed by atoms with Crippen LogP contribution in [0.25, 0.3) is 0 Å². The van der Waals surface area contributed by atoms with E-state index in [1.807, 2.05) is 31.7 Å². The van der Waals surface area contributed by atoms with Crippen LogP contribution in [0.3, 0.4) is 0 Å². The fourth-order valence-corrected chi connectivity index (χ4v) is 6.16. The Balaban J connectivity index is 1.34. The summed E-state index contributed by atoms with van der Waals surface area (Å²) in [4.78, 5) is 21.8. The van der Waals surface area contributed by atoms with E-state index in [4.69, 9.17) is 9.72 Å². The van der Waals surface area contributed by atoms with Crippen molar-refractivity contribution in [3.63, 3.8) is 0 Å². The molecule has 0 radical (unpaired) electrons. The second-order valence-electron chi connectivity index (χ2n) is 12.3. The zero-order valence-corrected chi connectivity index (χ0v) is 24.9. The van der Waals surface area contributed by atoms with Crippen LogP contribution >= 0.6 is 0 Å². The average Bonchev–Trinajstić information content (AvgIpc) is 3.39. The highest BCUT2D eigenvalue weighted by Crippen LogP contribution is 2.38. The van der Waals surface area contributed by atoms with Gasteiger partial charge in [0, 0.05) is 36.9 Å². The van der Waals surface area contributed by atoms with Gasteiger partial charge in [0.15, 0.2) is 11.6 Å². The summed E-state index contributed by atoms with van der Waals surface area (Å²) in [6.07, 6.45) is 7.51. The second kappa shape index (κ2) is 13.3. The number of pyridine rings is 1. The van der Waals surface area contributed by atoms with Crippen molar-refractivity contribution < 1.29 is 19.0 Å². The number of unbranched alkanes of at least 4 members (excludes halogenated alkanes) is 2. The molecule has 2 N–H and O–H groups in total. The zero-order valence-electron chi connectivity index (χ0n) is 24.9. The standard InChI is InChI=1S/C32H47FN4O3/c1-6-36(17-9-7-8-12-24-14-13-22-11-10-16-34-30(22)35-24)25-15-18-37(21-25)28(31(38)39)26-19-23(32(2,3)4)20-27(33)29(26)40-5/h13-14,19-20,25,28H,6-12,15-18,21H2,1-5H3,(H,34,35)(H,38,39)/t25-,28+/m1/s1. The van der Waals surface area contributed by atoms with E-state index in [0.29, 0.717) is 18.7 Å². The van der Waals surface area contributed by atoms with Crippen LogP contribution in [0.15, 0.2) is 24.3 Å². The van der Waals surface area contributed by atoms with Crippen molar-refractivity contribution >= 4 is 11.8 Å². The quantitative estimate of drug-likeness (QED) is 0.320. The van der Waals surface area contributed by atoms with Gasteiger partial charge >= 0.3 is 5.97 Å². The van der Waals surface area contributed by atoms with Crippen LogP contribution in [0.5, 0.6) is 5.75 Å². The number of methoxy groups -OCH3 is 1. The number of nitrogens with one attached hydrogen (secondary N) is 1. The lowest BCUT2D eigenvalue weighted by Gasteiger charge is -2.31. The molecule has 7 nitrogen and oxygen atoms in total. The molecular formula is C32H47FN4O3. The number of carboxylic acid groups (broad SMARTS) is 1. The summed E-state index contributed by atoms with van der Waals surface area (Å²) in [5.74, 6) is -0.389. The summed E-state index contributed by atoms with van der Waals surface area (Å²) in [6.45, 7) is 12.4. The number of hydrogen-bond donors (Lipinski definition) is 2. The number of halogens is 1. The molecular weight excluding hydrogens is 507 g/mol. The van der Waals surface area contributed by atoms with Crippen molar-refractivity contribution in [3.05, 3.63) is 52.5 Å². The molecule has 1 fully saturated rings. The summed E-state index contributed by atoms with van der Waals surface area (Å²) in [7, 11) is 1.40. The molecule has 0 bridgehead atoms. The van der Waals surface area contributed by atoms with Crippen molar-refractivity contribution in [1.29, 1.82) is 0 Å². The lowest BCUT2D eigenvalue weighted by Crippen LogP contribution is -2.40. The molecule has 0 spiro atoms. The maximum Gasteiger partial charge on any atom is 0.325 e. The number of likely N-dealkylation sites (N-methyl/N-ethyl adjacent to an activating group) is 1. The highest BCUT2D eigenvalue weighted by molar-refractivity contribution is 5.77. The molecule has 40 heavy (non-hydrogen) atoms. The van der Waals surface area contributed by atoms with Crippen LogP contribution in [-0.2, 0) is 23.1 Å². The van der Waals surface area contributed by atoms with Gasteiger partial charge in [-0.05, 0) is 86.4 Å². The van der Waals surface area contributed by atoms with Crippen LogP contribution in [0.1, 0.15) is 88.2 Å². The van der Waals surface area contributed by atoms with Crippen LogP contribution in [-0.4, -0.2) is 71.7 Å². The van der Waals surface area contributed by atoms with Gasteiger partial charge in [0.2, 0.25) is 0 Å². The van der Waals surface area contributed by atoms with Gasteiger partial charge in [-0.3, -0.25) is 14.6 Å². The highest BCUT2D eigenvalue weighted by Gasteiger charge is 2.38. The third-order valence-electron chi connectivity index (χ3n) is 8.48. The number of hydrogen-bond acceptors (Lipinski definition) is 6. The summed E-state index contributed by atoms with van der Waals surface area (Å²) in [6, 6.07) is 7.01. The molecule has 0 amide bonds. The Labute approximate surface area is 239 Å². The normalized spacial score (nSPS) is 18.4. The number of ether oxygens (including phenoxy) is 1. The van der Waals surface area contributed by atoms with Crippen molar-refractivity contribution in [2.24, 2.45) is 0 Å². The first-order chi connectivity index (χ1) is 19.1. The van der Waals surface area contributed by atoms with E-state index >= 15 is 4.39 Å². The second-order valence-corrected chi connectivity index (χ2v) is 12.3. The summed E-state index contributed by atoms with van der Waals surface area (Å²) >= 11 is 0. The number of aliphatic carboxylic acids is 1. The van der Waals surface area contributed by atoms with Gasteiger partial charge in [-0.1, -0.05) is 40.2 Å². The SMILES string of the molecule is CCN(CCCCCc1ccc2c(n1)NCCC2)[C@@H]1CCN([C@H](C(=O)O)c2cc(C(C)(C)C)cc(F)c2OC)C1. The maximum absolute atomic E-state index is 15.0. The number of rotatable bonds is 12. The first-order valence-electron chi connectivity index (χ1n) is 14.9. The minimum atomic E-state index is -0.974. The molecule has 8 heteroatoms. The molecule has 1 aromatic heterocycles. The van der Waals surface area contributed by atoms with E-state index in [9.17, 15) is 9.90 Å². The monoisotopic (exact) mass is 554 g/mol. The Morgan fingerprint density at radius 2 is 2.08 bits per heavy atom. The maximum atomic E-state index is 15.0. The Kier molecular flexibility index (Phi) is 10.1. The van der Waals surface area contributed by atoms with Gasteiger partial charge in [0.25, 0.3) is 0 Å². The number of benzene rings is 1. The largest absolute Gasteiger partial charge is 0.493 e. The predicted molar refractivity (Wildman–Crippen MR) is 158 cm³/mol. The van der Waals surface area contributed by atoms with Crippen molar-refractivity contribution in [2.45, 2.75) is 90.1 Å². The Bertz CT molecular complexity index is 1170. The molecule has 2 aromatic rings. The number of aryl methyl sites for hydroxylation is 2. The smallest absolute Gasteiger partial charge is 0.325 e. The average molecular weight is 555 g/mol. The fourth-order valence-electron chi connectivity index (χ4n) is 6.16. The molecule has 0 saturated carbocycles. The Morgan fingerprint density at radius 3 is 2.77 bits per heavy atom. The van der Waals surface area contributed by atoms with Crippen molar-refractivity contribution in [3.8, 4) is 5.75 Å². The molecule has 2 aliphatic heterocycles. The van der Waals surface area contributed by atoms with Crippen LogP contribution in [0.2, 0.25) is 0 Å².